The number of aryl methyl sites for hydroxylation is 4. The Kier molecular flexibility index (Phi) is 3.63. The molecule has 22 heavy (non-hydrogen) atoms. The van der Waals surface area contributed by atoms with Crippen molar-refractivity contribution in [1.82, 2.24) is 23.8 Å². The Morgan fingerprint density at radius 1 is 0.773 bits per heavy atom. The standard InChI is InChI=1S/C9H10N2.C8H9N3/c1-7-3-4-11-8(2)6-10-9(11)5-7;1-6-3-8-9-4-7(2)11(8)5-10-6/h3-6H,1-2H3;3-5H,1-2H3. The first kappa shape index (κ1) is 14.3. The molecule has 0 N–H and O–H groups in total. The van der Waals surface area contributed by atoms with Crippen LogP contribution in [0.3, 0.4) is 0 Å². The quantitative estimate of drug-likeness (QED) is 0.500. The number of imidazole rings is 2. The van der Waals surface area contributed by atoms with E-state index in [1.807, 2.05) is 42.9 Å². The Morgan fingerprint density at radius 2 is 1.41 bits per heavy atom. The molecular weight excluding hydrogens is 274 g/mol. The second kappa shape index (κ2) is 5.60. The number of hydrogen-bond acceptors (Lipinski definition) is 3. The van der Waals surface area contributed by atoms with Crippen LogP contribution in [0.2, 0.25) is 0 Å². The Labute approximate surface area is 129 Å². The van der Waals surface area contributed by atoms with Crippen LogP contribution in [0.15, 0.2) is 43.1 Å². The number of rotatable bonds is 0. The van der Waals surface area contributed by atoms with Crippen LogP contribution in [-0.4, -0.2) is 23.8 Å². The molecule has 112 valence electrons. The van der Waals surface area contributed by atoms with Gasteiger partial charge in [0.2, 0.25) is 0 Å². The molecule has 5 nitrogen and oxygen atoms in total. The maximum atomic E-state index is 4.24. The molecule has 4 aromatic heterocycles. The van der Waals surface area contributed by atoms with Crippen LogP contribution in [0.25, 0.3) is 11.3 Å². The minimum atomic E-state index is 0.968. The summed E-state index contributed by atoms with van der Waals surface area (Å²) < 4.78 is 4.04. The fourth-order valence-corrected chi connectivity index (χ4v) is 2.30. The van der Waals surface area contributed by atoms with Gasteiger partial charge in [-0.2, -0.15) is 0 Å². The van der Waals surface area contributed by atoms with Crippen LogP contribution in [-0.2, 0) is 0 Å². The summed E-state index contributed by atoms with van der Waals surface area (Å²) in [6, 6.07) is 6.13. The number of hydrogen-bond donors (Lipinski definition) is 0. The number of aromatic nitrogens is 5. The Balaban J connectivity index is 0.000000131. The fraction of sp³-hybridized carbons (Fsp3) is 0.235. The van der Waals surface area contributed by atoms with Gasteiger partial charge in [-0.25, -0.2) is 15.0 Å². The van der Waals surface area contributed by atoms with Crippen LogP contribution in [0, 0.1) is 27.7 Å². The molecule has 0 fully saturated rings. The van der Waals surface area contributed by atoms with Crippen molar-refractivity contribution in [1.29, 1.82) is 0 Å². The molecule has 4 aromatic rings. The smallest absolute Gasteiger partial charge is 0.139 e. The molecule has 5 heteroatoms. The van der Waals surface area contributed by atoms with Crippen molar-refractivity contribution in [2.24, 2.45) is 0 Å². The highest BCUT2D eigenvalue weighted by atomic mass is 15.0. The van der Waals surface area contributed by atoms with Gasteiger partial charge in [-0.05, 0) is 45.4 Å². The molecule has 0 saturated heterocycles. The number of fused-ring (bicyclic) bond motifs is 2. The van der Waals surface area contributed by atoms with Gasteiger partial charge in [0.15, 0.2) is 0 Å². The number of pyridine rings is 1. The predicted octanol–water partition coefficient (Wildman–Crippen LogP) is 3.30. The van der Waals surface area contributed by atoms with Crippen molar-refractivity contribution >= 4 is 11.3 Å². The molecule has 0 bridgehead atoms. The zero-order chi connectivity index (χ0) is 15.7. The zero-order valence-electron chi connectivity index (χ0n) is 13.3. The predicted molar refractivity (Wildman–Crippen MR) is 87.1 cm³/mol. The van der Waals surface area contributed by atoms with E-state index in [4.69, 9.17) is 0 Å². The molecule has 0 amide bonds. The average Bonchev–Trinajstić information content (AvgIpc) is 3.03. The minimum Gasteiger partial charge on any atom is -0.304 e. The van der Waals surface area contributed by atoms with Gasteiger partial charge in [0, 0.05) is 41.7 Å². The van der Waals surface area contributed by atoms with Crippen molar-refractivity contribution < 1.29 is 0 Å². The maximum absolute atomic E-state index is 4.24. The van der Waals surface area contributed by atoms with E-state index in [0.29, 0.717) is 0 Å². The topological polar surface area (TPSA) is 47.5 Å². The van der Waals surface area contributed by atoms with Crippen LogP contribution in [0.5, 0.6) is 0 Å². The molecule has 4 heterocycles. The summed E-state index contributed by atoms with van der Waals surface area (Å²) in [5.74, 6) is 0. The molecule has 0 atom stereocenters. The minimum absolute atomic E-state index is 0.968. The van der Waals surface area contributed by atoms with Gasteiger partial charge < -0.3 is 4.40 Å². The van der Waals surface area contributed by atoms with Gasteiger partial charge >= 0.3 is 0 Å². The molecule has 0 aliphatic heterocycles. The monoisotopic (exact) mass is 293 g/mol. The van der Waals surface area contributed by atoms with E-state index in [1.54, 1.807) is 6.33 Å². The summed E-state index contributed by atoms with van der Waals surface area (Å²) in [6.45, 7) is 8.10. The van der Waals surface area contributed by atoms with E-state index < -0.39 is 0 Å². The lowest BCUT2D eigenvalue weighted by molar-refractivity contribution is 1.01. The Bertz CT molecular complexity index is 855. The Morgan fingerprint density at radius 3 is 2.14 bits per heavy atom. The van der Waals surface area contributed by atoms with Gasteiger partial charge in [-0.1, -0.05) is 0 Å². The first-order valence-electron chi connectivity index (χ1n) is 7.21. The SMILES string of the molecule is Cc1cc2ncc(C)n2cn1.Cc1ccn2c(C)cnc2c1. The van der Waals surface area contributed by atoms with Crippen LogP contribution in [0.4, 0.5) is 0 Å². The third-order valence-corrected chi connectivity index (χ3v) is 3.58. The molecule has 0 radical (unpaired) electrons. The lowest BCUT2D eigenvalue weighted by Crippen LogP contribution is -1.90. The van der Waals surface area contributed by atoms with E-state index in [0.717, 1.165) is 22.7 Å². The normalized spacial score (nSPS) is 10.7. The van der Waals surface area contributed by atoms with Crippen LogP contribution >= 0.6 is 0 Å². The second-order valence-electron chi connectivity index (χ2n) is 5.49. The maximum Gasteiger partial charge on any atom is 0.139 e. The van der Waals surface area contributed by atoms with Crippen molar-refractivity contribution in [2.75, 3.05) is 0 Å². The van der Waals surface area contributed by atoms with E-state index >= 15 is 0 Å². The molecule has 0 spiro atoms. The fourth-order valence-electron chi connectivity index (χ4n) is 2.30. The van der Waals surface area contributed by atoms with E-state index in [9.17, 15) is 0 Å². The lowest BCUT2D eigenvalue weighted by atomic mass is 10.3. The summed E-state index contributed by atoms with van der Waals surface area (Å²) in [4.78, 5) is 12.6. The first-order chi connectivity index (χ1) is 10.5. The molecular formula is C17H19N5. The molecule has 4 rings (SSSR count). The summed E-state index contributed by atoms with van der Waals surface area (Å²) in [6.07, 6.45) is 7.57. The summed E-state index contributed by atoms with van der Waals surface area (Å²) in [7, 11) is 0. The highest BCUT2D eigenvalue weighted by molar-refractivity contribution is 5.42. The van der Waals surface area contributed by atoms with Gasteiger partial charge in [0.05, 0.1) is 0 Å². The average molecular weight is 293 g/mol. The highest BCUT2D eigenvalue weighted by Gasteiger charge is 1.97. The summed E-state index contributed by atoms with van der Waals surface area (Å²) >= 11 is 0. The third-order valence-electron chi connectivity index (χ3n) is 3.58. The molecule has 0 aliphatic rings. The second-order valence-corrected chi connectivity index (χ2v) is 5.49. The van der Waals surface area contributed by atoms with Gasteiger partial charge in [-0.15, -0.1) is 0 Å². The van der Waals surface area contributed by atoms with E-state index in [1.165, 1.54) is 11.3 Å². The van der Waals surface area contributed by atoms with Crippen LogP contribution in [0.1, 0.15) is 22.6 Å². The third kappa shape index (κ3) is 2.70. The van der Waals surface area contributed by atoms with Crippen molar-refractivity contribution in [2.45, 2.75) is 27.7 Å². The molecule has 0 saturated carbocycles. The van der Waals surface area contributed by atoms with Crippen LogP contribution < -0.4 is 0 Å². The van der Waals surface area contributed by atoms with Gasteiger partial charge in [-0.3, -0.25) is 4.40 Å². The molecule has 0 aromatic carbocycles. The van der Waals surface area contributed by atoms with Crippen molar-refractivity contribution in [3.63, 3.8) is 0 Å². The van der Waals surface area contributed by atoms with Crippen molar-refractivity contribution in [3.05, 3.63) is 65.8 Å². The Hall–Kier alpha value is -2.69. The summed E-state index contributed by atoms with van der Waals surface area (Å²) in [5.41, 5.74) is 6.55. The van der Waals surface area contributed by atoms with E-state index in [-0.39, 0.29) is 0 Å². The van der Waals surface area contributed by atoms with E-state index in [2.05, 4.69) is 45.3 Å². The van der Waals surface area contributed by atoms with Gasteiger partial charge in [0.1, 0.15) is 17.6 Å². The lowest BCUT2D eigenvalue weighted by Gasteiger charge is -1.95. The zero-order valence-corrected chi connectivity index (χ0v) is 13.3. The number of nitrogens with zero attached hydrogens (tertiary/aromatic N) is 5. The van der Waals surface area contributed by atoms with Crippen molar-refractivity contribution in [3.8, 4) is 0 Å². The largest absolute Gasteiger partial charge is 0.304 e. The first-order valence-corrected chi connectivity index (χ1v) is 7.21. The molecule has 0 aliphatic carbocycles. The highest BCUT2D eigenvalue weighted by Crippen LogP contribution is 2.07. The van der Waals surface area contributed by atoms with Gasteiger partial charge in [0.25, 0.3) is 0 Å². The molecule has 0 unspecified atom stereocenters. The summed E-state index contributed by atoms with van der Waals surface area (Å²) in [5, 5.41) is 0.